The summed E-state index contributed by atoms with van der Waals surface area (Å²) in [6.45, 7) is 9.05. The topological polar surface area (TPSA) is 78.8 Å². The Morgan fingerprint density at radius 3 is 2.19 bits per heavy atom. The van der Waals surface area contributed by atoms with Gasteiger partial charge in [0.05, 0.1) is 0 Å². The van der Waals surface area contributed by atoms with Gasteiger partial charge in [-0.2, -0.15) is 13.2 Å². The molecular formula is C17H25F3N4O3. The quantitative estimate of drug-likeness (QED) is 0.837. The molecule has 1 aromatic heterocycles. The smallest absolute Gasteiger partial charge is 0.421 e. The summed E-state index contributed by atoms with van der Waals surface area (Å²) in [5, 5.41) is 9.69. The van der Waals surface area contributed by atoms with Crippen LogP contribution in [0.4, 0.5) is 23.9 Å². The van der Waals surface area contributed by atoms with Crippen LogP contribution in [0.15, 0.2) is 12.4 Å². The fourth-order valence-corrected chi connectivity index (χ4v) is 2.63. The third-order valence-corrected chi connectivity index (χ3v) is 4.29. The number of alkyl halides is 3. The fourth-order valence-electron chi connectivity index (χ4n) is 2.63. The molecule has 27 heavy (non-hydrogen) atoms. The Hall–Kier alpha value is -2.10. The van der Waals surface area contributed by atoms with Crippen molar-refractivity contribution in [1.82, 2.24) is 14.9 Å². The van der Waals surface area contributed by atoms with E-state index in [9.17, 15) is 23.1 Å². The number of piperazine rings is 1. The Bertz CT molecular complexity index is 671. The lowest BCUT2D eigenvalue weighted by Crippen LogP contribution is -2.55. The molecule has 0 bridgehead atoms. The van der Waals surface area contributed by atoms with E-state index in [0.717, 1.165) is 12.4 Å². The molecule has 1 aromatic rings. The summed E-state index contributed by atoms with van der Waals surface area (Å²) in [6.07, 6.45) is -3.29. The van der Waals surface area contributed by atoms with Gasteiger partial charge in [-0.05, 0) is 34.6 Å². The first kappa shape index (κ1) is 21.2. The zero-order valence-electron chi connectivity index (χ0n) is 16.0. The maximum Gasteiger partial charge on any atom is 0.421 e. The van der Waals surface area contributed by atoms with Gasteiger partial charge in [-0.3, -0.25) is 0 Å². The van der Waals surface area contributed by atoms with Crippen molar-refractivity contribution in [3.05, 3.63) is 18.0 Å². The second-order valence-electron chi connectivity index (χ2n) is 7.81. The molecule has 2 atom stereocenters. The van der Waals surface area contributed by atoms with Crippen molar-refractivity contribution in [2.45, 2.75) is 58.0 Å². The summed E-state index contributed by atoms with van der Waals surface area (Å²) in [6, 6.07) is -0.153. The van der Waals surface area contributed by atoms with Gasteiger partial charge in [0.1, 0.15) is 5.60 Å². The number of rotatable bonds is 2. The summed E-state index contributed by atoms with van der Waals surface area (Å²) in [7, 11) is 0. The molecule has 1 N–H and O–H groups in total. The molecule has 1 fully saturated rings. The van der Waals surface area contributed by atoms with Crippen LogP contribution < -0.4 is 4.90 Å². The van der Waals surface area contributed by atoms with Gasteiger partial charge < -0.3 is 19.6 Å². The minimum absolute atomic E-state index is 0.153. The van der Waals surface area contributed by atoms with Gasteiger partial charge in [0.2, 0.25) is 5.95 Å². The van der Waals surface area contributed by atoms with Crippen molar-refractivity contribution in [3.63, 3.8) is 0 Å². The normalized spacial score (nSPS) is 21.0. The van der Waals surface area contributed by atoms with Crippen LogP contribution in [0.5, 0.6) is 0 Å². The van der Waals surface area contributed by atoms with Crippen molar-refractivity contribution in [3.8, 4) is 0 Å². The van der Waals surface area contributed by atoms with E-state index in [1.54, 1.807) is 30.6 Å². The number of hydrogen-bond acceptors (Lipinski definition) is 6. The number of halogens is 3. The van der Waals surface area contributed by atoms with Gasteiger partial charge in [-0.1, -0.05) is 0 Å². The van der Waals surface area contributed by atoms with Crippen molar-refractivity contribution >= 4 is 12.0 Å². The van der Waals surface area contributed by atoms with E-state index in [1.807, 2.05) is 6.92 Å². The van der Waals surface area contributed by atoms with Gasteiger partial charge in [0.25, 0.3) is 0 Å². The summed E-state index contributed by atoms with van der Waals surface area (Å²) in [5.41, 5.74) is -4.04. The minimum Gasteiger partial charge on any atom is -0.444 e. The van der Waals surface area contributed by atoms with E-state index < -0.39 is 29.0 Å². The van der Waals surface area contributed by atoms with Gasteiger partial charge >= 0.3 is 12.3 Å². The lowest BCUT2D eigenvalue weighted by Gasteiger charge is -2.40. The number of nitrogens with zero attached hydrogens (tertiary/aromatic N) is 4. The SMILES string of the molecule is C[C@H]1CN(C(=O)OC(C)(C)C)CCN1c1ncc([C@](C)(O)C(F)(F)F)cn1. The number of hydrogen-bond donors (Lipinski definition) is 1. The Labute approximate surface area is 156 Å². The number of aromatic nitrogens is 2. The summed E-state index contributed by atoms with van der Waals surface area (Å²) in [5.74, 6) is 0.244. The molecule has 1 amide bonds. The predicted octanol–water partition coefficient (Wildman–Crippen LogP) is 2.69. The lowest BCUT2D eigenvalue weighted by molar-refractivity contribution is -0.259. The molecule has 0 saturated carbocycles. The first-order valence-corrected chi connectivity index (χ1v) is 8.58. The highest BCUT2D eigenvalue weighted by molar-refractivity contribution is 5.68. The Morgan fingerprint density at radius 1 is 1.19 bits per heavy atom. The summed E-state index contributed by atoms with van der Waals surface area (Å²) >= 11 is 0. The molecule has 152 valence electrons. The van der Waals surface area contributed by atoms with Crippen LogP contribution in [0.2, 0.25) is 0 Å². The Balaban J connectivity index is 2.07. The van der Waals surface area contributed by atoms with Crippen molar-refractivity contribution in [2.75, 3.05) is 24.5 Å². The van der Waals surface area contributed by atoms with E-state index >= 15 is 0 Å². The highest BCUT2D eigenvalue weighted by atomic mass is 19.4. The van der Waals surface area contributed by atoms with Crippen LogP contribution in [0.3, 0.4) is 0 Å². The average molecular weight is 390 g/mol. The average Bonchev–Trinajstić information content (AvgIpc) is 2.52. The van der Waals surface area contributed by atoms with Crippen LogP contribution in [0.1, 0.15) is 40.2 Å². The van der Waals surface area contributed by atoms with Crippen LogP contribution in [0, 0.1) is 0 Å². The molecular weight excluding hydrogens is 365 g/mol. The van der Waals surface area contributed by atoms with Crippen molar-refractivity contribution < 1.29 is 27.8 Å². The molecule has 2 heterocycles. The van der Waals surface area contributed by atoms with E-state index in [-0.39, 0.29) is 12.0 Å². The van der Waals surface area contributed by atoms with Crippen molar-refractivity contribution in [2.24, 2.45) is 0 Å². The second-order valence-corrected chi connectivity index (χ2v) is 7.81. The third kappa shape index (κ3) is 4.79. The Kier molecular flexibility index (Phi) is 5.61. The maximum atomic E-state index is 12.9. The monoisotopic (exact) mass is 390 g/mol. The maximum absolute atomic E-state index is 12.9. The number of carbonyl (C=O) groups is 1. The van der Waals surface area contributed by atoms with E-state index in [1.165, 1.54) is 0 Å². The zero-order valence-corrected chi connectivity index (χ0v) is 16.0. The number of carbonyl (C=O) groups excluding carboxylic acids is 1. The number of anilines is 1. The standard InChI is InChI=1S/C17H25F3N4O3/c1-11-10-23(14(25)27-15(2,3)4)6-7-24(11)13-21-8-12(9-22-13)16(5,26)17(18,19)20/h8-9,11,26H,6-7,10H2,1-5H3/t11-,16-/m0/s1. The van der Waals surface area contributed by atoms with Crippen molar-refractivity contribution in [1.29, 1.82) is 0 Å². The molecule has 10 heteroatoms. The molecule has 2 rings (SSSR count). The van der Waals surface area contributed by atoms with E-state index in [2.05, 4.69) is 9.97 Å². The van der Waals surface area contributed by atoms with Crippen LogP contribution >= 0.6 is 0 Å². The molecule has 1 aliphatic heterocycles. The third-order valence-electron chi connectivity index (χ3n) is 4.29. The molecule has 1 saturated heterocycles. The predicted molar refractivity (Wildman–Crippen MR) is 92.3 cm³/mol. The Morgan fingerprint density at radius 2 is 1.74 bits per heavy atom. The molecule has 0 aliphatic carbocycles. The zero-order chi connectivity index (χ0) is 20.6. The van der Waals surface area contributed by atoms with E-state index in [0.29, 0.717) is 26.6 Å². The van der Waals surface area contributed by atoms with Gasteiger partial charge in [0, 0.05) is 43.6 Å². The highest BCUT2D eigenvalue weighted by Gasteiger charge is 2.51. The number of ether oxygens (including phenoxy) is 1. The largest absolute Gasteiger partial charge is 0.444 e. The summed E-state index contributed by atoms with van der Waals surface area (Å²) < 4.78 is 44.1. The first-order valence-electron chi connectivity index (χ1n) is 8.58. The highest BCUT2D eigenvalue weighted by Crippen LogP contribution is 2.38. The van der Waals surface area contributed by atoms with Crippen LogP contribution in [-0.2, 0) is 10.3 Å². The molecule has 0 aromatic carbocycles. The molecule has 7 nitrogen and oxygen atoms in total. The van der Waals surface area contributed by atoms with Gasteiger partial charge in [-0.25, -0.2) is 14.8 Å². The second kappa shape index (κ2) is 7.14. The van der Waals surface area contributed by atoms with Crippen LogP contribution in [-0.4, -0.2) is 63.5 Å². The molecule has 1 aliphatic rings. The van der Waals surface area contributed by atoms with Gasteiger partial charge in [0.15, 0.2) is 5.60 Å². The summed E-state index contributed by atoms with van der Waals surface area (Å²) in [4.78, 5) is 23.5. The van der Waals surface area contributed by atoms with Crippen LogP contribution in [0.25, 0.3) is 0 Å². The molecule has 0 radical (unpaired) electrons. The fraction of sp³-hybridized carbons (Fsp3) is 0.706. The lowest BCUT2D eigenvalue weighted by atomic mass is 9.99. The first-order chi connectivity index (χ1) is 12.2. The number of amides is 1. The molecule has 0 unspecified atom stereocenters. The molecule has 0 spiro atoms. The minimum atomic E-state index is -4.83. The van der Waals surface area contributed by atoms with E-state index in [4.69, 9.17) is 4.74 Å². The van der Waals surface area contributed by atoms with Gasteiger partial charge in [-0.15, -0.1) is 0 Å². The number of aliphatic hydroxyl groups is 1.